The number of halogens is 1. The smallest absolute Gasteiger partial charge is 0.319 e. The van der Waals surface area contributed by atoms with Crippen LogP contribution >= 0.6 is 15.9 Å². The minimum absolute atomic E-state index is 0.0782. The third kappa shape index (κ3) is 2.50. The summed E-state index contributed by atoms with van der Waals surface area (Å²) in [4.78, 5) is 26.7. The summed E-state index contributed by atoms with van der Waals surface area (Å²) in [5, 5.41) is 3.25. The van der Waals surface area contributed by atoms with Crippen LogP contribution in [0.5, 0.6) is 5.75 Å². The Morgan fingerprint density at radius 2 is 2.11 bits per heavy atom. The Morgan fingerprint density at radius 3 is 2.74 bits per heavy atom. The minimum Gasteiger partial charge on any atom is -0.496 e. The van der Waals surface area contributed by atoms with E-state index in [1.807, 2.05) is 5.32 Å². The van der Waals surface area contributed by atoms with Gasteiger partial charge in [-0.05, 0) is 18.2 Å². The topological polar surface area (TPSA) is 94.3 Å². The lowest BCUT2D eigenvalue weighted by molar-refractivity contribution is 0.0963. The summed E-state index contributed by atoms with van der Waals surface area (Å²) < 4.78 is 6.01. The lowest BCUT2D eigenvalue weighted by Crippen LogP contribution is -2.35. The highest BCUT2D eigenvalue weighted by atomic mass is 79.9. The summed E-state index contributed by atoms with van der Waals surface area (Å²) in [6.07, 6.45) is 1.47. The van der Waals surface area contributed by atoms with E-state index in [2.05, 4.69) is 20.9 Å². The van der Waals surface area contributed by atoms with Gasteiger partial charge in [0, 0.05) is 16.1 Å². The van der Waals surface area contributed by atoms with Crippen LogP contribution in [0.15, 0.2) is 28.9 Å². The normalized spacial score (nSPS) is 10.2. The Morgan fingerprint density at radius 1 is 1.37 bits per heavy atom. The number of carbonyl (C=O) groups excluding carboxylic acids is 2. The number of hydrogen-bond donors (Lipinski definition) is 2. The van der Waals surface area contributed by atoms with Gasteiger partial charge in [0.1, 0.15) is 11.4 Å². The van der Waals surface area contributed by atoms with Gasteiger partial charge < -0.3 is 10.5 Å². The average molecular weight is 324 g/mol. The van der Waals surface area contributed by atoms with Gasteiger partial charge in [0.15, 0.2) is 0 Å². The third-order valence-electron chi connectivity index (χ3n) is 2.51. The highest BCUT2D eigenvalue weighted by molar-refractivity contribution is 9.10. The first-order chi connectivity index (χ1) is 9.04. The van der Waals surface area contributed by atoms with Crippen LogP contribution in [-0.4, -0.2) is 24.0 Å². The lowest BCUT2D eigenvalue weighted by Gasteiger charge is -2.10. The molecule has 0 unspecified atom stereocenters. The van der Waals surface area contributed by atoms with Crippen molar-refractivity contribution in [2.45, 2.75) is 0 Å². The van der Waals surface area contributed by atoms with Crippen molar-refractivity contribution in [3.05, 3.63) is 34.6 Å². The van der Waals surface area contributed by atoms with Crippen LogP contribution in [0.1, 0.15) is 10.5 Å². The molecule has 0 radical (unpaired) electrons. The maximum Gasteiger partial charge on any atom is 0.319 e. The zero-order chi connectivity index (χ0) is 14.0. The number of carbonyl (C=O) groups is 2. The number of imide groups is 1. The summed E-state index contributed by atoms with van der Waals surface area (Å²) in [7, 11) is 1.49. The molecule has 0 fully saturated rings. The molecule has 19 heavy (non-hydrogen) atoms. The third-order valence-corrected chi connectivity index (χ3v) is 3.20. The van der Waals surface area contributed by atoms with E-state index in [9.17, 15) is 9.59 Å². The fraction of sp³-hybridized carbons (Fsp3) is 0.0833. The van der Waals surface area contributed by atoms with Crippen molar-refractivity contribution in [3.8, 4) is 5.75 Å². The molecular formula is C12H10BrN3O3. The van der Waals surface area contributed by atoms with Crippen LogP contribution in [0.3, 0.4) is 0 Å². The summed E-state index contributed by atoms with van der Waals surface area (Å²) in [6.45, 7) is 0. The van der Waals surface area contributed by atoms with Crippen LogP contribution in [0.25, 0.3) is 10.8 Å². The summed E-state index contributed by atoms with van der Waals surface area (Å²) in [6, 6.07) is 4.31. The van der Waals surface area contributed by atoms with Gasteiger partial charge in [0.2, 0.25) is 0 Å². The number of fused-ring (bicyclic) bond motifs is 1. The van der Waals surface area contributed by atoms with E-state index in [0.717, 1.165) is 9.86 Å². The molecule has 1 aromatic heterocycles. The Hall–Kier alpha value is -2.15. The fourth-order valence-electron chi connectivity index (χ4n) is 1.75. The molecular weight excluding hydrogens is 314 g/mol. The molecule has 1 heterocycles. The number of primary amides is 1. The van der Waals surface area contributed by atoms with E-state index >= 15 is 0 Å². The van der Waals surface area contributed by atoms with Crippen LogP contribution in [0.2, 0.25) is 0 Å². The second kappa shape index (κ2) is 5.23. The number of pyridine rings is 1. The lowest BCUT2D eigenvalue weighted by atomic mass is 10.1. The number of urea groups is 1. The van der Waals surface area contributed by atoms with Crippen molar-refractivity contribution in [2.24, 2.45) is 5.73 Å². The number of hydrogen-bond acceptors (Lipinski definition) is 4. The molecule has 6 nitrogen and oxygen atoms in total. The van der Waals surface area contributed by atoms with Crippen LogP contribution in [-0.2, 0) is 0 Å². The number of amides is 3. The SMILES string of the molecule is COc1ccc(Br)c2ccnc(C(=O)NC(N)=O)c12. The molecule has 0 spiro atoms. The maximum atomic E-state index is 11.9. The molecule has 7 heteroatoms. The van der Waals surface area contributed by atoms with Crippen molar-refractivity contribution in [1.29, 1.82) is 0 Å². The van der Waals surface area contributed by atoms with E-state index in [1.54, 1.807) is 18.2 Å². The van der Waals surface area contributed by atoms with Gasteiger partial charge in [0.05, 0.1) is 12.5 Å². The molecule has 1 aromatic carbocycles. The molecule has 2 rings (SSSR count). The summed E-state index contributed by atoms with van der Waals surface area (Å²) in [5.41, 5.74) is 5.01. The van der Waals surface area contributed by atoms with E-state index in [0.29, 0.717) is 11.1 Å². The standard InChI is InChI=1S/C12H10BrN3O3/c1-19-8-3-2-7(13)6-4-5-15-10(9(6)8)11(17)16-12(14)18/h2-5H,1H3,(H3,14,16,17,18). The molecule has 2 aromatic rings. The molecule has 0 aliphatic heterocycles. The van der Waals surface area contributed by atoms with Crippen molar-refractivity contribution >= 4 is 38.6 Å². The first kappa shape index (κ1) is 13.3. The van der Waals surface area contributed by atoms with Crippen molar-refractivity contribution in [3.63, 3.8) is 0 Å². The highest BCUT2D eigenvalue weighted by Gasteiger charge is 2.17. The maximum absolute atomic E-state index is 11.9. The van der Waals surface area contributed by atoms with E-state index in [1.165, 1.54) is 13.3 Å². The van der Waals surface area contributed by atoms with Gasteiger partial charge in [0.25, 0.3) is 5.91 Å². The number of methoxy groups -OCH3 is 1. The number of aromatic nitrogens is 1. The zero-order valence-corrected chi connectivity index (χ0v) is 11.5. The molecule has 0 bridgehead atoms. The van der Waals surface area contributed by atoms with Crippen LogP contribution < -0.4 is 15.8 Å². The molecule has 98 valence electrons. The largest absolute Gasteiger partial charge is 0.496 e. The minimum atomic E-state index is -0.933. The van der Waals surface area contributed by atoms with Crippen LogP contribution in [0, 0.1) is 0 Å². The van der Waals surface area contributed by atoms with E-state index in [4.69, 9.17) is 10.5 Å². The number of rotatable bonds is 2. The number of nitrogens with two attached hydrogens (primary N) is 1. The molecule has 0 aliphatic rings. The molecule has 3 N–H and O–H groups in total. The average Bonchev–Trinajstić information content (AvgIpc) is 2.38. The van der Waals surface area contributed by atoms with Gasteiger partial charge in [-0.15, -0.1) is 0 Å². The van der Waals surface area contributed by atoms with Crippen molar-refractivity contribution in [2.75, 3.05) is 7.11 Å². The van der Waals surface area contributed by atoms with E-state index in [-0.39, 0.29) is 5.69 Å². The Labute approximate surface area is 117 Å². The fourth-order valence-corrected chi connectivity index (χ4v) is 2.21. The molecule has 0 saturated heterocycles. The second-order valence-electron chi connectivity index (χ2n) is 3.65. The Balaban J connectivity index is 2.71. The Bertz CT molecular complexity index is 673. The predicted octanol–water partition coefficient (Wildman–Crippen LogP) is 1.81. The summed E-state index contributed by atoms with van der Waals surface area (Å²) in [5.74, 6) is -0.185. The molecule has 0 atom stereocenters. The Kier molecular flexibility index (Phi) is 3.66. The van der Waals surface area contributed by atoms with Crippen molar-refractivity contribution < 1.29 is 14.3 Å². The number of nitrogens with one attached hydrogen (secondary N) is 1. The number of benzene rings is 1. The van der Waals surface area contributed by atoms with Gasteiger partial charge in [-0.3, -0.25) is 15.1 Å². The van der Waals surface area contributed by atoms with Gasteiger partial charge >= 0.3 is 6.03 Å². The predicted molar refractivity (Wildman–Crippen MR) is 73.0 cm³/mol. The van der Waals surface area contributed by atoms with Crippen LogP contribution in [0.4, 0.5) is 4.79 Å². The van der Waals surface area contributed by atoms with Gasteiger partial charge in [-0.2, -0.15) is 0 Å². The zero-order valence-electron chi connectivity index (χ0n) is 9.94. The van der Waals surface area contributed by atoms with Gasteiger partial charge in [-0.1, -0.05) is 15.9 Å². The monoisotopic (exact) mass is 323 g/mol. The first-order valence-corrected chi connectivity index (χ1v) is 6.06. The number of nitrogens with zero attached hydrogens (tertiary/aromatic N) is 1. The quantitative estimate of drug-likeness (QED) is 0.881. The summed E-state index contributed by atoms with van der Waals surface area (Å²) >= 11 is 3.39. The first-order valence-electron chi connectivity index (χ1n) is 5.26. The number of ether oxygens (including phenoxy) is 1. The molecule has 0 aliphatic carbocycles. The van der Waals surface area contributed by atoms with E-state index < -0.39 is 11.9 Å². The molecule has 3 amide bonds. The molecule has 0 saturated carbocycles. The van der Waals surface area contributed by atoms with Crippen molar-refractivity contribution in [1.82, 2.24) is 10.3 Å². The highest BCUT2D eigenvalue weighted by Crippen LogP contribution is 2.33. The second-order valence-corrected chi connectivity index (χ2v) is 4.50. The van der Waals surface area contributed by atoms with Gasteiger partial charge in [-0.25, -0.2) is 4.79 Å².